The van der Waals surface area contributed by atoms with Crippen LogP contribution in [0, 0.1) is 11.6 Å². The molecule has 21 heavy (non-hydrogen) atoms. The number of hydrogen-bond donors (Lipinski definition) is 2. The van der Waals surface area contributed by atoms with E-state index in [0.29, 0.717) is 5.56 Å². The highest BCUT2D eigenvalue weighted by Gasteiger charge is 2.11. The molecule has 4 heteroatoms. The highest BCUT2D eigenvalue weighted by atomic mass is 19.2. The molecule has 0 bridgehead atoms. The molecule has 0 fully saturated rings. The van der Waals surface area contributed by atoms with Gasteiger partial charge in [-0.2, -0.15) is 0 Å². The second-order valence-electron chi connectivity index (χ2n) is 4.98. The molecular formula is C17H19F2NO. The average Bonchev–Trinajstić information content (AvgIpc) is 2.49. The van der Waals surface area contributed by atoms with Crippen LogP contribution in [0.5, 0.6) is 0 Å². The van der Waals surface area contributed by atoms with Gasteiger partial charge in [-0.05, 0) is 35.7 Å². The van der Waals surface area contributed by atoms with Gasteiger partial charge in [0.15, 0.2) is 11.6 Å². The van der Waals surface area contributed by atoms with Gasteiger partial charge in [0.05, 0.1) is 6.10 Å². The smallest absolute Gasteiger partial charge is 0.159 e. The van der Waals surface area contributed by atoms with E-state index in [1.54, 1.807) is 0 Å². The van der Waals surface area contributed by atoms with Crippen molar-refractivity contribution in [3.63, 3.8) is 0 Å². The van der Waals surface area contributed by atoms with E-state index in [1.807, 2.05) is 24.3 Å². The zero-order valence-electron chi connectivity index (χ0n) is 11.9. The SMILES string of the molecule is CCCc1ccccc1NCC(O)c1ccc(F)c(F)c1. The normalized spacial score (nSPS) is 12.2. The van der Waals surface area contributed by atoms with Gasteiger partial charge < -0.3 is 10.4 Å². The van der Waals surface area contributed by atoms with Crippen molar-refractivity contribution < 1.29 is 13.9 Å². The Kier molecular flexibility index (Phi) is 5.28. The first-order chi connectivity index (χ1) is 10.1. The van der Waals surface area contributed by atoms with Gasteiger partial charge in [0, 0.05) is 12.2 Å². The number of nitrogens with one attached hydrogen (secondary N) is 1. The Morgan fingerprint density at radius 2 is 1.86 bits per heavy atom. The summed E-state index contributed by atoms with van der Waals surface area (Å²) in [7, 11) is 0. The van der Waals surface area contributed by atoms with Crippen LogP contribution in [0.3, 0.4) is 0 Å². The summed E-state index contributed by atoms with van der Waals surface area (Å²) in [6.45, 7) is 2.35. The van der Waals surface area contributed by atoms with Gasteiger partial charge in [0.2, 0.25) is 0 Å². The van der Waals surface area contributed by atoms with Crippen LogP contribution < -0.4 is 5.32 Å². The Morgan fingerprint density at radius 1 is 1.10 bits per heavy atom. The summed E-state index contributed by atoms with van der Waals surface area (Å²) in [4.78, 5) is 0. The summed E-state index contributed by atoms with van der Waals surface area (Å²) in [6, 6.07) is 11.3. The van der Waals surface area contributed by atoms with Crippen molar-refractivity contribution in [1.29, 1.82) is 0 Å². The van der Waals surface area contributed by atoms with Gasteiger partial charge in [-0.1, -0.05) is 37.6 Å². The predicted octanol–water partition coefficient (Wildman–Crippen LogP) is 4.06. The average molecular weight is 291 g/mol. The van der Waals surface area contributed by atoms with Gasteiger partial charge in [-0.15, -0.1) is 0 Å². The summed E-state index contributed by atoms with van der Waals surface area (Å²) in [5, 5.41) is 13.2. The maximum atomic E-state index is 13.2. The van der Waals surface area contributed by atoms with E-state index in [9.17, 15) is 13.9 Å². The summed E-state index contributed by atoms with van der Waals surface area (Å²) < 4.78 is 26.0. The Morgan fingerprint density at radius 3 is 2.57 bits per heavy atom. The molecule has 0 aromatic heterocycles. The number of aliphatic hydroxyl groups excluding tert-OH is 1. The fraction of sp³-hybridized carbons (Fsp3) is 0.294. The fourth-order valence-corrected chi connectivity index (χ4v) is 2.22. The number of aryl methyl sites for hydroxylation is 1. The molecule has 2 aromatic rings. The number of hydrogen-bond acceptors (Lipinski definition) is 2. The molecule has 0 amide bonds. The number of halogens is 2. The summed E-state index contributed by atoms with van der Waals surface area (Å²) in [6.07, 6.45) is 1.09. The van der Waals surface area contributed by atoms with Crippen molar-refractivity contribution in [1.82, 2.24) is 0 Å². The quantitative estimate of drug-likeness (QED) is 0.841. The minimum absolute atomic E-state index is 0.242. The van der Waals surface area contributed by atoms with Crippen molar-refractivity contribution in [3.05, 3.63) is 65.2 Å². The van der Waals surface area contributed by atoms with E-state index in [-0.39, 0.29) is 6.54 Å². The van der Waals surface area contributed by atoms with E-state index in [1.165, 1.54) is 11.6 Å². The van der Waals surface area contributed by atoms with E-state index < -0.39 is 17.7 Å². The van der Waals surface area contributed by atoms with Crippen molar-refractivity contribution >= 4 is 5.69 Å². The third kappa shape index (κ3) is 4.02. The molecule has 0 aliphatic carbocycles. The molecule has 2 rings (SSSR count). The van der Waals surface area contributed by atoms with Crippen LogP contribution in [-0.4, -0.2) is 11.7 Å². The third-order valence-corrected chi connectivity index (χ3v) is 3.35. The first-order valence-electron chi connectivity index (χ1n) is 7.06. The second kappa shape index (κ2) is 7.18. The summed E-state index contributed by atoms with van der Waals surface area (Å²) >= 11 is 0. The molecule has 0 saturated carbocycles. The molecule has 1 unspecified atom stereocenters. The molecule has 0 radical (unpaired) electrons. The van der Waals surface area contributed by atoms with Crippen LogP contribution in [0.2, 0.25) is 0 Å². The Bertz CT molecular complexity index is 601. The van der Waals surface area contributed by atoms with Crippen LogP contribution in [0.15, 0.2) is 42.5 Å². The Hall–Kier alpha value is -1.94. The lowest BCUT2D eigenvalue weighted by Crippen LogP contribution is -2.13. The molecule has 112 valence electrons. The lowest BCUT2D eigenvalue weighted by Gasteiger charge is -2.16. The standard InChI is InChI=1S/C17H19F2NO/c1-2-5-12-6-3-4-7-16(12)20-11-17(21)13-8-9-14(18)15(19)10-13/h3-4,6-10,17,20-21H,2,5,11H2,1H3. The van der Waals surface area contributed by atoms with Crippen LogP contribution >= 0.6 is 0 Å². The van der Waals surface area contributed by atoms with Gasteiger partial charge in [0.1, 0.15) is 0 Å². The lowest BCUT2D eigenvalue weighted by atomic mass is 10.1. The van der Waals surface area contributed by atoms with E-state index >= 15 is 0 Å². The van der Waals surface area contributed by atoms with Gasteiger partial charge >= 0.3 is 0 Å². The Labute approximate surface area is 123 Å². The van der Waals surface area contributed by atoms with Crippen LogP contribution in [0.4, 0.5) is 14.5 Å². The van der Waals surface area contributed by atoms with E-state index in [4.69, 9.17) is 0 Å². The number of benzene rings is 2. The van der Waals surface area contributed by atoms with Crippen molar-refractivity contribution in [2.45, 2.75) is 25.9 Å². The van der Waals surface area contributed by atoms with Crippen molar-refractivity contribution in [2.75, 3.05) is 11.9 Å². The number of para-hydroxylation sites is 1. The van der Waals surface area contributed by atoms with Crippen LogP contribution in [0.25, 0.3) is 0 Å². The van der Waals surface area contributed by atoms with Gasteiger partial charge in [-0.25, -0.2) is 8.78 Å². The summed E-state index contributed by atoms with van der Waals surface area (Å²) in [5.74, 6) is -1.86. The minimum atomic E-state index is -0.946. The lowest BCUT2D eigenvalue weighted by molar-refractivity contribution is 0.191. The molecule has 0 heterocycles. The maximum Gasteiger partial charge on any atom is 0.159 e. The molecule has 2 N–H and O–H groups in total. The second-order valence-corrected chi connectivity index (χ2v) is 4.98. The summed E-state index contributed by atoms with van der Waals surface area (Å²) in [5.41, 5.74) is 2.49. The molecule has 2 nitrogen and oxygen atoms in total. The molecule has 1 atom stereocenters. The third-order valence-electron chi connectivity index (χ3n) is 3.35. The zero-order valence-corrected chi connectivity index (χ0v) is 11.9. The van der Waals surface area contributed by atoms with Crippen LogP contribution in [0.1, 0.15) is 30.6 Å². The number of aliphatic hydroxyl groups is 1. The Balaban J connectivity index is 2.03. The van der Waals surface area contributed by atoms with Crippen LogP contribution in [-0.2, 0) is 6.42 Å². The first kappa shape index (κ1) is 15.4. The molecule has 0 saturated heterocycles. The topological polar surface area (TPSA) is 32.3 Å². The number of rotatable bonds is 6. The largest absolute Gasteiger partial charge is 0.387 e. The minimum Gasteiger partial charge on any atom is -0.387 e. The van der Waals surface area contributed by atoms with Gasteiger partial charge in [0.25, 0.3) is 0 Å². The van der Waals surface area contributed by atoms with Gasteiger partial charge in [-0.3, -0.25) is 0 Å². The fourth-order valence-electron chi connectivity index (χ4n) is 2.22. The predicted molar refractivity (Wildman–Crippen MR) is 80.2 cm³/mol. The molecule has 0 aliphatic rings. The highest BCUT2D eigenvalue weighted by molar-refractivity contribution is 5.51. The van der Waals surface area contributed by atoms with E-state index in [2.05, 4.69) is 12.2 Å². The molecular weight excluding hydrogens is 272 g/mol. The highest BCUT2D eigenvalue weighted by Crippen LogP contribution is 2.20. The van der Waals surface area contributed by atoms with Crippen molar-refractivity contribution in [3.8, 4) is 0 Å². The molecule has 2 aromatic carbocycles. The molecule has 0 aliphatic heterocycles. The monoisotopic (exact) mass is 291 g/mol. The molecule has 0 spiro atoms. The number of anilines is 1. The first-order valence-corrected chi connectivity index (χ1v) is 7.06. The zero-order chi connectivity index (χ0) is 15.2. The van der Waals surface area contributed by atoms with Crippen molar-refractivity contribution in [2.24, 2.45) is 0 Å². The maximum absolute atomic E-state index is 13.2. The van der Waals surface area contributed by atoms with E-state index in [0.717, 1.165) is 30.7 Å².